The number of nitrogens with zero attached hydrogens (tertiary/aromatic N) is 2. The fourth-order valence-corrected chi connectivity index (χ4v) is 4.10. The molecule has 2 saturated heterocycles. The van der Waals surface area contributed by atoms with Gasteiger partial charge in [0.05, 0.1) is 0 Å². The maximum atomic E-state index is 3.83. The first-order valence-corrected chi connectivity index (χ1v) is 6.93. The number of piperazine rings is 1. The van der Waals surface area contributed by atoms with Crippen LogP contribution in [0.4, 0.5) is 0 Å². The van der Waals surface area contributed by atoms with Crippen molar-refractivity contribution in [1.29, 1.82) is 0 Å². The van der Waals surface area contributed by atoms with Gasteiger partial charge in [0.15, 0.2) is 0 Å². The van der Waals surface area contributed by atoms with Gasteiger partial charge in [-0.25, -0.2) is 0 Å². The Kier molecular flexibility index (Phi) is 2.94. The lowest BCUT2D eigenvalue weighted by molar-refractivity contribution is 0.0506. The molecular formula is C13H25N3. The summed E-state index contributed by atoms with van der Waals surface area (Å²) in [5.41, 5.74) is 0. The third kappa shape index (κ3) is 1.79. The van der Waals surface area contributed by atoms with E-state index in [9.17, 15) is 0 Å². The summed E-state index contributed by atoms with van der Waals surface area (Å²) in [7, 11) is 2.26. The molecule has 0 radical (unpaired) electrons. The highest BCUT2D eigenvalue weighted by Crippen LogP contribution is 2.34. The molecule has 1 aliphatic carbocycles. The zero-order chi connectivity index (χ0) is 11.1. The van der Waals surface area contributed by atoms with E-state index in [1.54, 1.807) is 0 Å². The highest BCUT2D eigenvalue weighted by atomic mass is 15.3. The highest BCUT2D eigenvalue weighted by Gasteiger charge is 2.40. The standard InChI is InChI=1S/C13H25N3/c1-10-12-4-3-5-13(12)14-8-11-9-15(2)6-7-16(10)11/h10-14H,3-9H2,1-2H3/t10-,11?,12-,13?/m0/s1. The summed E-state index contributed by atoms with van der Waals surface area (Å²) in [6.45, 7) is 7.44. The van der Waals surface area contributed by atoms with Crippen LogP contribution in [0.5, 0.6) is 0 Å². The maximum Gasteiger partial charge on any atom is 0.0351 e. The van der Waals surface area contributed by atoms with Crippen molar-refractivity contribution in [1.82, 2.24) is 15.1 Å². The second-order valence-corrected chi connectivity index (χ2v) is 6.00. The summed E-state index contributed by atoms with van der Waals surface area (Å²) in [6.07, 6.45) is 4.29. The Morgan fingerprint density at radius 1 is 1.19 bits per heavy atom. The van der Waals surface area contributed by atoms with Gasteiger partial charge in [-0.2, -0.15) is 0 Å². The molecule has 0 aromatic heterocycles. The molecule has 0 bridgehead atoms. The molecule has 1 saturated carbocycles. The van der Waals surface area contributed by atoms with Crippen molar-refractivity contribution in [3.8, 4) is 0 Å². The molecular weight excluding hydrogens is 198 g/mol. The van der Waals surface area contributed by atoms with Gasteiger partial charge in [0, 0.05) is 44.3 Å². The molecule has 4 atom stereocenters. The normalized spacial score (nSPS) is 46.1. The second-order valence-electron chi connectivity index (χ2n) is 6.00. The Morgan fingerprint density at radius 2 is 2.06 bits per heavy atom. The molecule has 0 aromatic rings. The molecule has 2 aliphatic heterocycles. The minimum atomic E-state index is 0.749. The lowest BCUT2D eigenvalue weighted by Gasteiger charge is -2.43. The average Bonchev–Trinajstić information content (AvgIpc) is 2.69. The molecule has 3 nitrogen and oxygen atoms in total. The SMILES string of the molecule is C[C@H]1[C@@H]2CCCC2NCC2CN(C)CCN21. The molecule has 2 unspecified atom stereocenters. The predicted octanol–water partition coefficient (Wildman–Crippen LogP) is 0.763. The van der Waals surface area contributed by atoms with Gasteiger partial charge >= 0.3 is 0 Å². The lowest BCUT2D eigenvalue weighted by atomic mass is 9.94. The van der Waals surface area contributed by atoms with E-state index in [0.717, 1.165) is 24.0 Å². The van der Waals surface area contributed by atoms with Crippen LogP contribution in [0, 0.1) is 5.92 Å². The maximum absolute atomic E-state index is 3.83. The number of fused-ring (bicyclic) bond motifs is 2. The number of nitrogens with one attached hydrogen (secondary N) is 1. The molecule has 0 amide bonds. The van der Waals surface area contributed by atoms with E-state index < -0.39 is 0 Å². The van der Waals surface area contributed by atoms with Crippen LogP contribution in [0.2, 0.25) is 0 Å². The van der Waals surface area contributed by atoms with Crippen LogP contribution >= 0.6 is 0 Å². The van der Waals surface area contributed by atoms with Crippen molar-refractivity contribution in [3.05, 3.63) is 0 Å². The summed E-state index contributed by atoms with van der Waals surface area (Å²) < 4.78 is 0. The van der Waals surface area contributed by atoms with Crippen LogP contribution in [-0.4, -0.2) is 61.2 Å². The zero-order valence-corrected chi connectivity index (χ0v) is 10.7. The Bertz CT molecular complexity index is 256. The molecule has 3 aliphatic rings. The van der Waals surface area contributed by atoms with E-state index in [-0.39, 0.29) is 0 Å². The first kappa shape index (κ1) is 11.0. The number of hydrogen-bond acceptors (Lipinski definition) is 3. The van der Waals surface area contributed by atoms with Crippen molar-refractivity contribution in [2.24, 2.45) is 5.92 Å². The van der Waals surface area contributed by atoms with Crippen molar-refractivity contribution < 1.29 is 0 Å². The van der Waals surface area contributed by atoms with E-state index in [4.69, 9.17) is 0 Å². The third-order valence-electron chi connectivity index (χ3n) is 5.06. The molecule has 1 N–H and O–H groups in total. The quantitative estimate of drug-likeness (QED) is 0.654. The molecule has 16 heavy (non-hydrogen) atoms. The van der Waals surface area contributed by atoms with Crippen LogP contribution in [-0.2, 0) is 0 Å². The summed E-state index contributed by atoms with van der Waals surface area (Å²) in [5, 5.41) is 3.83. The summed E-state index contributed by atoms with van der Waals surface area (Å²) in [5.74, 6) is 0.911. The summed E-state index contributed by atoms with van der Waals surface area (Å²) in [4.78, 5) is 5.26. The average molecular weight is 223 g/mol. The molecule has 0 spiro atoms. The van der Waals surface area contributed by atoms with E-state index in [2.05, 4.69) is 29.1 Å². The first-order chi connectivity index (χ1) is 7.75. The van der Waals surface area contributed by atoms with Gasteiger partial charge in [0.25, 0.3) is 0 Å². The van der Waals surface area contributed by atoms with Crippen LogP contribution in [0.25, 0.3) is 0 Å². The van der Waals surface area contributed by atoms with Gasteiger partial charge in [0.1, 0.15) is 0 Å². The largest absolute Gasteiger partial charge is 0.312 e. The Labute approximate surface area is 99.2 Å². The Balaban J connectivity index is 1.77. The van der Waals surface area contributed by atoms with Crippen LogP contribution in [0.3, 0.4) is 0 Å². The van der Waals surface area contributed by atoms with Gasteiger partial charge in [-0.1, -0.05) is 6.42 Å². The van der Waals surface area contributed by atoms with E-state index in [1.807, 2.05) is 0 Å². The lowest BCUT2D eigenvalue weighted by Crippen LogP contribution is -2.57. The van der Waals surface area contributed by atoms with E-state index in [0.29, 0.717) is 0 Å². The first-order valence-electron chi connectivity index (χ1n) is 6.93. The highest BCUT2D eigenvalue weighted by molar-refractivity contribution is 4.98. The summed E-state index contributed by atoms with van der Waals surface area (Å²) in [6, 6.07) is 2.35. The minimum absolute atomic E-state index is 0.749. The van der Waals surface area contributed by atoms with Gasteiger partial charge in [-0.15, -0.1) is 0 Å². The molecule has 3 heteroatoms. The van der Waals surface area contributed by atoms with Crippen molar-refractivity contribution >= 4 is 0 Å². The Morgan fingerprint density at radius 3 is 2.94 bits per heavy atom. The van der Waals surface area contributed by atoms with Gasteiger partial charge in [-0.05, 0) is 32.7 Å². The van der Waals surface area contributed by atoms with Crippen LogP contribution in [0.1, 0.15) is 26.2 Å². The minimum Gasteiger partial charge on any atom is -0.312 e. The predicted molar refractivity (Wildman–Crippen MR) is 66.6 cm³/mol. The number of hydrogen-bond donors (Lipinski definition) is 1. The van der Waals surface area contributed by atoms with Crippen molar-refractivity contribution in [2.45, 2.75) is 44.3 Å². The number of rotatable bonds is 0. The summed E-state index contributed by atoms with van der Waals surface area (Å²) >= 11 is 0. The van der Waals surface area contributed by atoms with E-state index >= 15 is 0 Å². The number of likely N-dealkylation sites (N-methyl/N-ethyl adjacent to an activating group) is 1. The third-order valence-corrected chi connectivity index (χ3v) is 5.06. The second kappa shape index (κ2) is 4.28. The topological polar surface area (TPSA) is 18.5 Å². The molecule has 3 rings (SSSR count). The Hall–Kier alpha value is -0.120. The van der Waals surface area contributed by atoms with Gasteiger partial charge < -0.3 is 10.2 Å². The van der Waals surface area contributed by atoms with Crippen LogP contribution in [0.15, 0.2) is 0 Å². The monoisotopic (exact) mass is 223 g/mol. The fraction of sp³-hybridized carbons (Fsp3) is 1.00. The van der Waals surface area contributed by atoms with E-state index in [1.165, 1.54) is 45.4 Å². The van der Waals surface area contributed by atoms with Crippen molar-refractivity contribution in [3.63, 3.8) is 0 Å². The fourth-order valence-electron chi connectivity index (χ4n) is 4.10. The molecule has 92 valence electrons. The van der Waals surface area contributed by atoms with Gasteiger partial charge in [0.2, 0.25) is 0 Å². The van der Waals surface area contributed by atoms with Crippen LogP contribution < -0.4 is 5.32 Å². The molecule has 0 aromatic carbocycles. The van der Waals surface area contributed by atoms with Crippen molar-refractivity contribution in [2.75, 3.05) is 33.2 Å². The molecule has 2 heterocycles. The smallest absolute Gasteiger partial charge is 0.0351 e. The zero-order valence-electron chi connectivity index (χ0n) is 10.7. The molecule has 3 fully saturated rings. The van der Waals surface area contributed by atoms with Gasteiger partial charge in [-0.3, -0.25) is 4.90 Å².